The van der Waals surface area contributed by atoms with Crippen LogP contribution in [0.1, 0.15) is 52.1 Å². The van der Waals surface area contributed by atoms with Crippen LogP contribution in [-0.4, -0.2) is 9.55 Å². The minimum Gasteiger partial charge on any atom is -0.307 e. The monoisotopic (exact) mass is 206 g/mol. The number of imidazole rings is 1. The first-order valence-electron chi connectivity index (χ1n) is 5.53. The molecule has 0 N–H and O–H groups in total. The Kier molecular flexibility index (Phi) is 6.43. The zero-order valence-electron chi connectivity index (χ0n) is 10.5. The summed E-state index contributed by atoms with van der Waals surface area (Å²) in [7, 11) is 0. The molecule has 0 bridgehead atoms. The number of hydrogen-bond acceptors (Lipinski definition) is 1. The second-order valence-electron chi connectivity index (χ2n) is 3.27. The van der Waals surface area contributed by atoms with E-state index in [1.165, 1.54) is 0 Å². The summed E-state index contributed by atoms with van der Waals surface area (Å²) in [4.78, 5) is 4.44. The molecule has 0 saturated heterocycles. The van der Waals surface area contributed by atoms with Crippen LogP contribution in [0, 0.1) is 0 Å². The van der Waals surface area contributed by atoms with Crippen LogP contribution >= 0.6 is 0 Å². The summed E-state index contributed by atoms with van der Waals surface area (Å²) in [5.74, 6) is 1.37. The molecular weight excluding hydrogens is 184 g/mol. The van der Waals surface area contributed by atoms with E-state index in [9.17, 15) is 0 Å². The van der Waals surface area contributed by atoms with Crippen LogP contribution < -0.4 is 0 Å². The van der Waals surface area contributed by atoms with Gasteiger partial charge in [0.15, 0.2) is 0 Å². The van der Waals surface area contributed by atoms with Crippen LogP contribution in [0.3, 0.4) is 0 Å². The molecule has 15 heavy (non-hydrogen) atoms. The van der Waals surface area contributed by atoms with E-state index < -0.39 is 0 Å². The highest BCUT2D eigenvalue weighted by atomic mass is 15.1. The van der Waals surface area contributed by atoms with Gasteiger partial charge in [0, 0.05) is 12.4 Å². The summed E-state index contributed by atoms with van der Waals surface area (Å²) < 4.78 is 1.99. The highest BCUT2D eigenvalue weighted by Crippen LogP contribution is 2.14. The maximum Gasteiger partial charge on any atom is 0.136 e. The van der Waals surface area contributed by atoms with Crippen molar-refractivity contribution in [3.8, 4) is 0 Å². The third-order valence-electron chi connectivity index (χ3n) is 1.86. The van der Waals surface area contributed by atoms with Gasteiger partial charge in [-0.15, -0.1) is 0 Å². The van der Waals surface area contributed by atoms with Gasteiger partial charge >= 0.3 is 0 Å². The van der Waals surface area contributed by atoms with E-state index in [0.717, 1.165) is 11.5 Å². The zero-order valence-corrected chi connectivity index (χ0v) is 10.5. The Bertz CT molecular complexity index is 319. The Balaban J connectivity index is 0.000000921. The summed E-state index contributed by atoms with van der Waals surface area (Å²) >= 11 is 0. The van der Waals surface area contributed by atoms with E-state index in [1.54, 1.807) is 6.08 Å². The molecule has 0 unspecified atom stereocenters. The quantitative estimate of drug-likeness (QED) is 0.726. The van der Waals surface area contributed by atoms with Gasteiger partial charge in [-0.2, -0.15) is 0 Å². The third kappa shape index (κ3) is 3.74. The lowest BCUT2D eigenvalue weighted by atomic mass is 10.2. The maximum absolute atomic E-state index is 4.44. The molecule has 0 amide bonds. The second kappa shape index (κ2) is 7.04. The van der Waals surface area contributed by atoms with Crippen LogP contribution in [0.4, 0.5) is 0 Å². The summed E-state index contributed by atoms with van der Waals surface area (Å²) in [5, 5.41) is 0. The molecule has 0 aromatic carbocycles. The van der Waals surface area contributed by atoms with Crippen molar-refractivity contribution < 1.29 is 0 Å². The van der Waals surface area contributed by atoms with Gasteiger partial charge in [-0.05, 0) is 18.9 Å². The number of aromatic nitrogens is 2. The summed E-state index contributed by atoms with van der Waals surface area (Å²) in [6.45, 7) is 14.0. The van der Waals surface area contributed by atoms with Crippen LogP contribution in [0.25, 0.3) is 12.3 Å². The van der Waals surface area contributed by atoms with Gasteiger partial charge in [-0.25, -0.2) is 4.98 Å². The Labute approximate surface area is 93.3 Å². The molecule has 0 aliphatic carbocycles. The molecule has 1 rings (SSSR count). The lowest BCUT2D eigenvalue weighted by Crippen LogP contribution is -1.86. The van der Waals surface area contributed by atoms with Crippen LogP contribution in [0.2, 0.25) is 0 Å². The lowest BCUT2D eigenvalue weighted by Gasteiger charge is -1.95. The molecule has 0 spiro atoms. The molecule has 1 aromatic heterocycles. The van der Waals surface area contributed by atoms with Crippen molar-refractivity contribution in [2.45, 2.75) is 40.5 Å². The summed E-state index contributed by atoms with van der Waals surface area (Å²) in [6, 6.07) is 0. The fraction of sp³-hybridized carbons (Fsp3) is 0.462. The van der Waals surface area contributed by atoms with Gasteiger partial charge in [0.1, 0.15) is 5.82 Å². The van der Waals surface area contributed by atoms with Crippen molar-refractivity contribution in [2.24, 2.45) is 0 Å². The Hall–Kier alpha value is -1.31. The average molecular weight is 206 g/mol. The van der Waals surface area contributed by atoms with Crippen molar-refractivity contribution in [3.05, 3.63) is 30.4 Å². The standard InChI is InChI=1S/C11H16N2.C2H6/c1-5-7-13-8-10(9(3)4)12-11(13)6-2;1-2/h5-9H,2H2,1,3-4H3;1-2H3/b7-5-;. The summed E-state index contributed by atoms with van der Waals surface area (Å²) in [6.07, 6.45) is 7.78. The Morgan fingerprint density at radius 3 is 2.40 bits per heavy atom. The first-order chi connectivity index (χ1) is 7.19. The minimum absolute atomic E-state index is 0.463. The molecule has 84 valence electrons. The SMILES string of the molecule is C=Cc1nc(C(C)C)cn1/C=C\C.CC. The summed E-state index contributed by atoms with van der Waals surface area (Å²) in [5.41, 5.74) is 1.10. The van der Waals surface area contributed by atoms with Crippen molar-refractivity contribution >= 4 is 12.3 Å². The van der Waals surface area contributed by atoms with E-state index in [-0.39, 0.29) is 0 Å². The molecule has 0 aliphatic heterocycles. The van der Waals surface area contributed by atoms with Gasteiger partial charge in [-0.3, -0.25) is 0 Å². The van der Waals surface area contributed by atoms with Crippen molar-refractivity contribution in [3.63, 3.8) is 0 Å². The van der Waals surface area contributed by atoms with Crippen LogP contribution in [-0.2, 0) is 0 Å². The van der Waals surface area contributed by atoms with E-state index in [1.807, 2.05) is 43.8 Å². The molecule has 0 fully saturated rings. The highest BCUT2D eigenvalue weighted by Gasteiger charge is 2.05. The molecule has 2 heteroatoms. The average Bonchev–Trinajstić information content (AvgIpc) is 2.65. The predicted octanol–water partition coefficient (Wildman–Crippen LogP) is 4.17. The van der Waals surface area contributed by atoms with Gasteiger partial charge in [0.2, 0.25) is 0 Å². The molecular formula is C13H22N2. The fourth-order valence-electron chi connectivity index (χ4n) is 1.14. The van der Waals surface area contributed by atoms with Crippen molar-refractivity contribution in [1.82, 2.24) is 9.55 Å². The topological polar surface area (TPSA) is 17.8 Å². The molecule has 0 aliphatic rings. The lowest BCUT2D eigenvalue weighted by molar-refractivity contribution is 0.831. The van der Waals surface area contributed by atoms with E-state index >= 15 is 0 Å². The first-order valence-corrected chi connectivity index (χ1v) is 5.53. The molecule has 2 nitrogen and oxygen atoms in total. The second-order valence-corrected chi connectivity index (χ2v) is 3.27. The van der Waals surface area contributed by atoms with Gasteiger partial charge in [0.05, 0.1) is 5.69 Å². The first kappa shape index (κ1) is 13.7. The highest BCUT2D eigenvalue weighted by molar-refractivity contribution is 5.43. The van der Waals surface area contributed by atoms with E-state index in [0.29, 0.717) is 5.92 Å². The molecule has 0 radical (unpaired) electrons. The molecule has 0 saturated carbocycles. The molecule has 0 atom stereocenters. The Morgan fingerprint density at radius 2 is 2.00 bits per heavy atom. The van der Waals surface area contributed by atoms with Gasteiger partial charge in [-0.1, -0.05) is 40.3 Å². The number of hydrogen-bond donors (Lipinski definition) is 0. The minimum atomic E-state index is 0.463. The van der Waals surface area contributed by atoms with Gasteiger partial charge < -0.3 is 4.57 Å². The maximum atomic E-state index is 4.44. The Morgan fingerprint density at radius 1 is 1.40 bits per heavy atom. The fourth-order valence-corrected chi connectivity index (χ4v) is 1.14. The van der Waals surface area contributed by atoms with E-state index in [2.05, 4.69) is 25.4 Å². The predicted molar refractivity (Wildman–Crippen MR) is 68.8 cm³/mol. The van der Waals surface area contributed by atoms with Crippen molar-refractivity contribution in [2.75, 3.05) is 0 Å². The number of nitrogens with zero attached hydrogens (tertiary/aromatic N) is 2. The van der Waals surface area contributed by atoms with Crippen molar-refractivity contribution in [1.29, 1.82) is 0 Å². The smallest absolute Gasteiger partial charge is 0.136 e. The van der Waals surface area contributed by atoms with Crippen LogP contribution in [0.5, 0.6) is 0 Å². The number of rotatable bonds is 3. The van der Waals surface area contributed by atoms with Gasteiger partial charge in [0.25, 0.3) is 0 Å². The molecule has 1 heterocycles. The van der Waals surface area contributed by atoms with E-state index in [4.69, 9.17) is 0 Å². The zero-order chi connectivity index (χ0) is 11.8. The number of allylic oxidation sites excluding steroid dienone is 1. The largest absolute Gasteiger partial charge is 0.307 e. The van der Waals surface area contributed by atoms with Crippen LogP contribution in [0.15, 0.2) is 18.9 Å². The third-order valence-corrected chi connectivity index (χ3v) is 1.86. The normalized spacial score (nSPS) is 10.3. The molecule has 1 aromatic rings.